The molecule has 0 aliphatic heterocycles. The third-order valence-corrected chi connectivity index (χ3v) is 3.65. The highest BCUT2D eigenvalue weighted by atomic mass is 16.5. The number of Topliss-reactive ketones (excluding diaryl/α,β-unsaturated/α-hetero) is 2. The van der Waals surface area contributed by atoms with Gasteiger partial charge in [-0.25, -0.2) is 0 Å². The van der Waals surface area contributed by atoms with Crippen molar-refractivity contribution >= 4 is 17.5 Å². The minimum absolute atomic E-state index is 0.00231. The minimum atomic E-state index is -1.21. The molecule has 0 amide bonds. The number of esters is 1. The van der Waals surface area contributed by atoms with Crippen LogP contribution < -0.4 is 0 Å². The number of ketones is 2. The lowest BCUT2D eigenvalue weighted by molar-refractivity contribution is -0.163. The average Bonchev–Trinajstić information content (AvgIpc) is 2.58. The van der Waals surface area contributed by atoms with Crippen molar-refractivity contribution in [2.45, 2.75) is 46.5 Å². The Morgan fingerprint density at radius 1 is 1.41 bits per heavy atom. The minimum Gasteiger partial charge on any atom is -0.465 e. The van der Waals surface area contributed by atoms with Gasteiger partial charge in [-0.15, -0.1) is 0 Å². The summed E-state index contributed by atoms with van der Waals surface area (Å²) in [6.45, 7) is 5.54. The maximum absolute atomic E-state index is 12.0. The smallest absolute Gasteiger partial charge is 0.320 e. The van der Waals surface area contributed by atoms with E-state index >= 15 is 0 Å². The van der Waals surface area contributed by atoms with E-state index in [-0.39, 0.29) is 30.5 Å². The van der Waals surface area contributed by atoms with Gasteiger partial charge in [-0.2, -0.15) is 0 Å². The van der Waals surface area contributed by atoms with Crippen molar-refractivity contribution in [2.75, 3.05) is 6.61 Å². The van der Waals surface area contributed by atoms with Crippen molar-refractivity contribution in [3.05, 3.63) is 0 Å². The molecule has 0 heterocycles. The van der Waals surface area contributed by atoms with E-state index in [9.17, 15) is 14.4 Å². The number of hydrogen-bond donors (Lipinski definition) is 0. The molecule has 2 unspecified atom stereocenters. The van der Waals surface area contributed by atoms with Gasteiger partial charge in [0.2, 0.25) is 0 Å². The van der Waals surface area contributed by atoms with E-state index < -0.39 is 11.4 Å². The van der Waals surface area contributed by atoms with Gasteiger partial charge in [0.05, 0.1) is 6.61 Å². The molecule has 0 aromatic heterocycles. The van der Waals surface area contributed by atoms with Crippen molar-refractivity contribution in [1.82, 2.24) is 0 Å². The molecule has 0 aromatic carbocycles. The molecule has 0 spiro atoms. The molecule has 4 heteroatoms. The summed E-state index contributed by atoms with van der Waals surface area (Å²) in [6, 6.07) is 0. The largest absolute Gasteiger partial charge is 0.465 e. The molecule has 2 atom stereocenters. The molecule has 96 valence electrons. The van der Waals surface area contributed by atoms with Gasteiger partial charge in [0.1, 0.15) is 11.2 Å². The van der Waals surface area contributed by atoms with Crippen LogP contribution in [0.2, 0.25) is 0 Å². The van der Waals surface area contributed by atoms with Crippen LogP contribution >= 0.6 is 0 Å². The predicted molar refractivity (Wildman–Crippen MR) is 62.4 cm³/mol. The Morgan fingerprint density at radius 2 is 2.06 bits per heavy atom. The lowest BCUT2D eigenvalue weighted by Crippen LogP contribution is -2.43. The molecular formula is C13H20O4. The number of hydrogen-bond acceptors (Lipinski definition) is 4. The Kier molecular flexibility index (Phi) is 4.43. The second-order valence-corrected chi connectivity index (χ2v) is 4.62. The molecule has 1 aliphatic rings. The van der Waals surface area contributed by atoms with Gasteiger partial charge in [-0.3, -0.25) is 14.4 Å². The summed E-state index contributed by atoms with van der Waals surface area (Å²) < 4.78 is 5.00. The highest BCUT2D eigenvalue weighted by Gasteiger charge is 2.55. The van der Waals surface area contributed by atoms with Crippen LogP contribution in [0.4, 0.5) is 0 Å². The summed E-state index contributed by atoms with van der Waals surface area (Å²) in [4.78, 5) is 35.7. The fourth-order valence-electron chi connectivity index (χ4n) is 2.45. The lowest BCUT2D eigenvalue weighted by Gasteiger charge is -2.28. The molecule has 0 aromatic rings. The van der Waals surface area contributed by atoms with Crippen molar-refractivity contribution in [3.63, 3.8) is 0 Å². The Balaban J connectivity index is 3.03. The molecule has 0 bridgehead atoms. The molecule has 1 rings (SSSR count). The van der Waals surface area contributed by atoms with Gasteiger partial charge in [0.15, 0.2) is 5.78 Å². The van der Waals surface area contributed by atoms with Crippen LogP contribution in [0.5, 0.6) is 0 Å². The van der Waals surface area contributed by atoms with Gasteiger partial charge >= 0.3 is 5.97 Å². The second-order valence-electron chi connectivity index (χ2n) is 4.62. The highest BCUT2D eigenvalue weighted by Crippen LogP contribution is 2.44. The molecule has 1 fully saturated rings. The summed E-state index contributed by atoms with van der Waals surface area (Å²) in [6.07, 6.45) is 1.38. The zero-order chi connectivity index (χ0) is 13.1. The third kappa shape index (κ3) is 2.40. The fourth-order valence-corrected chi connectivity index (χ4v) is 2.45. The van der Waals surface area contributed by atoms with Gasteiger partial charge in [0.25, 0.3) is 0 Å². The van der Waals surface area contributed by atoms with E-state index in [1.54, 1.807) is 13.8 Å². The highest BCUT2D eigenvalue weighted by molar-refractivity contribution is 6.08. The molecule has 4 nitrogen and oxygen atoms in total. The van der Waals surface area contributed by atoms with Gasteiger partial charge in [0, 0.05) is 19.3 Å². The first kappa shape index (κ1) is 13.9. The summed E-state index contributed by atoms with van der Waals surface area (Å²) in [5, 5.41) is 0. The van der Waals surface area contributed by atoms with Crippen LogP contribution in [0.15, 0.2) is 0 Å². The topological polar surface area (TPSA) is 60.4 Å². The van der Waals surface area contributed by atoms with E-state index in [0.717, 1.165) is 0 Å². The van der Waals surface area contributed by atoms with E-state index in [2.05, 4.69) is 0 Å². The molecule has 0 saturated heterocycles. The Morgan fingerprint density at radius 3 is 2.47 bits per heavy atom. The summed E-state index contributed by atoms with van der Waals surface area (Å²) in [5.74, 6) is -0.813. The first-order valence-electron chi connectivity index (χ1n) is 6.21. The predicted octanol–water partition coefficient (Wildman–Crippen LogP) is 1.90. The molecule has 17 heavy (non-hydrogen) atoms. The first-order chi connectivity index (χ1) is 7.98. The van der Waals surface area contributed by atoms with Crippen LogP contribution in [0.3, 0.4) is 0 Å². The van der Waals surface area contributed by atoms with E-state index in [1.807, 2.05) is 6.92 Å². The molecule has 0 N–H and O–H groups in total. The zero-order valence-electron chi connectivity index (χ0n) is 10.7. The molecular weight excluding hydrogens is 220 g/mol. The quantitative estimate of drug-likeness (QED) is 0.544. The van der Waals surface area contributed by atoms with Crippen molar-refractivity contribution in [2.24, 2.45) is 11.3 Å². The van der Waals surface area contributed by atoms with Crippen LogP contribution in [0.1, 0.15) is 46.5 Å². The number of carbonyl (C=O) groups excluding carboxylic acids is 3. The zero-order valence-corrected chi connectivity index (χ0v) is 10.7. The number of rotatable bonds is 5. The molecule has 1 saturated carbocycles. The third-order valence-electron chi connectivity index (χ3n) is 3.65. The first-order valence-corrected chi connectivity index (χ1v) is 6.21. The average molecular weight is 240 g/mol. The van der Waals surface area contributed by atoms with Gasteiger partial charge < -0.3 is 4.74 Å². The lowest BCUT2D eigenvalue weighted by atomic mass is 9.73. The van der Waals surface area contributed by atoms with Gasteiger partial charge in [-0.1, -0.05) is 13.8 Å². The summed E-state index contributed by atoms with van der Waals surface area (Å²) in [5.41, 5.74) is -1.21. The van der Waals surface area contributed by atoms with E-state index in [1.165, 1.54) is 0 Å². The summed E-state index contributed by atoms with van der Waals surface area (Å²) in [7, 11) is 0. The van der Waals surface area contributed by atoms with E-state index in [0.29, 0.717) is 19.3 Å². The standard InChI is InChI=1S/C13H20O4/c1-4-10(14)8-13(12(16)17-5-2)9(3)6-7-11(13)15/h9H,4-8H2,1-3H3. The second kappa shape index (κ2) is 5.43. The SMILES string of the molecule is CCOC(=O)C1(CC(=O)CC)C(=O)CCC1C. The van der Waals surface area contributed by atoms with Crippen LogP contribution in [-0.4, -0.2) is 24.1 Å². The van der Waals surface area contributed by atoms with Crippen molar-refractivity contribution in [1.29, 1.82) is 0 Å². The van der Waals surface area contributed by atoms with Crippen molar-refractivity contribution in [3.8, 4) is 0 Å². The maximum Gasteiger partial charge on any atom is 0.320 e. The Bertz CT molecular complexity index is 334. The number of ether oxygens (including phenoxy) is 1. The van der Waals surface area contributed by atoms with Crippen LogP contribution in [-0.2, 0) is 19.1 Å². The summed E-state index contributed by atoms with van der Waals surface area (Å²) >= 11 is 0. The fraction of sp³-hybridized carbons (Fsp3) is 0.769. The molecule has 1 aliphatic carbocycles. The van der Waals surface area contributed by atoms with Crippen LogP contribution in [0.25, 0.3) is 0 Å². The number of carbonyl (C=O) groups is 3. The Labute approximate surface area is 102 Å². The van der Waals surface area contributed by atoms with Crippen molar-refractivity contribution < 1.29 is 19.1 Å². The molecule has 0 radical (unpaired) electrons. The van der Waals surface area contributed by atoms with E-state index in [4.69, 9.17) is 4.74 Å². The normalized spacial score (nSPS) is 28.2. The van der Waals surface area contributed by atoms with Gasteiger partial charge in [-0.05, 0) is 19.3 Å². The Hall–Kier alpha value is -1.19. The van der Waals surface area contributed by atoms with Crippen LogP contribution in [0, 0.1) is 11.3 Å². The maximum atomic E-state index is 12.0. The monoisotopic (exact) mass is 240 g/mol.